The van der Waals surface area contributed by atoms with Gasteiger partial charge in [0.2, 0.25) is 5.91 Å². The Bertz CT molecular complexity index is 1080. The first-order chi connectivity index (χ1) is 14.5. The molecule has 2 amide bonds. The number of rotatable bonds is 5. The second kappa shape index (κ2) is 8.75. The first-order valence-corrected chi connectivity index (χ1v) is 10.9. The fraction of sp³-hybridized carbons (Fsp3) is 0.304. The maximum Gasteiger partial charge on any atom is 0.261 e. The van der Waals surface area contributed by atoms with Gasteiger partial charge in [-0.05, 0) is 61.4 Å². The number of carbonyl (C=O) groups excluding carboxylic acids is 2. The average molecular weight is 421 g/mol. The monoisotopic (exact) mass is 420 g/mol. The van der Waals surface area contributed by atoms with Crippen LogP contribution in [-0.4, -0.2) is 21.8 Å². The molecule has 0 bridgehead atoms. The van der Waals surface area contributed by atoms with Gasteiger partial charge in [-0.2, -0.15) is 0 Å². The minimum atomic E-state index is -0.173. The van der Waals surface area contributed by atoms with Crippen molar-refractivity contribution in [2.24, 2.45) is 0 Å². The zero-order valence-corrected chi connectivity index (χ0v) is 17.9. The lowest BCUT2D eigenvalue weighted by molar-refractivity contribution is -0.114. The summed E-state index contributed by atoms with van der Waals surface area (Å²) in [6, 6.07) is 9.82. The molecule has 0 unspecified atom stereocenters. The number of anilines is 1. The molecule has 2 aromatic heterocycles. The number of hydrogen-bond acceptors (Lipinski definition) is 5. The Labute approximate surface area is 179 Å². The third-order valence-electron chi connectivity index (χ3n) is 5.27. The van der Waals surface area contributed by atoms with E-state index in [2.05, 4.69) is 26.7 Å². The van der Waals surface area contributed by atoms with Gasteiger partial charge >= 0.3 is 0 Å². The van der Waals surface area contributed by atoms with Crippen LogP contribution in [0.1, 0.15) is 51.0 Å². The first-order valence-electron chi connectivity index (χ1n) is 10.1. The third-order valence-corrected chi connectivity index (χ3v) is 6.51. The largest absolute Gasteiger partial charge is 0.347 e. The van der Waals surface area contributed by atoms with E-state index in [0.717, 1.165) is 40.1 Å². The van der Waals surface area contributed by atoms with Crippen molar-refractivity contribution in [2.45, 2.75) is 46.1 Å². The smallest absolute Gasteiger partial charge is 0.261 e. The topological polar surface area (TPSA) is 84.0 Å². The Balaban J connectivity index is 1.44. The van der Waals surface area contributed by atoms with Gasteiger partial charge < -0.3 is 10.6 Å². The van der Waals surface area contributed by atoms with Crippen LogP contribution in [0.15, 0.2) is 36.7 Å². The van der Waals surface area contributed by atoms with Crippen LogP contribution in [0.25, 0.3) is 11.3 Å². The second-order valence-corrected chi connectivity index (χ2v) is 8.70. The lowest BCUT2D eigenvalue weighted by Crippen LogP contribution is -2.22. The fourth-order valence-corrected chi connectivity index (χ4v) is 4.85. The molecule has 1 aliphatic rings. The summed E-state index contributed by atoms with van der Waals surface area (Å²) in [5, 5.41) is 5.72. The van der Waals surface area contributed by atoms with Crippen molar-refractivity contribution in [1.82, 2.24) is 15.3 Å². The maximum atomic E-state index is 12.6. The number of amides is 2. The molecule has 0 radical (unpaired) electrons. The molecule has 0 saturated heterocycles. The molecule has 6 nitrogen and oxygen atoms in total. The third kappa shape index (κ3) is 4.57. The number of aryl methyl sites for hydroxylation is 3. The molecule has 0 spiro atoms. The molecule has 0 atom stereocenters. The van der Waals surface area contributed by atoms with Crippen molar-refractivity contribution < 1.29 is 9.59 Å². The highest BCUT2D eigenvalue weighted by molar-refractivity contribution is 7.14. The van der Waals surface area contributed by atoms with Gasteiger partial charge in [-0.25, -0.2) is 9.97 Å². The Kier molecular flexibility index (Phi) is 5.90. The van der Waals surface area contributed by atoms with Gasteiger partial charge in [-0.1, -0.05) is 12.1 Å². The van der Waals surface area contributed by atoms with Crippen molar-refractivity contribution in [2.75, 3.05) is 5.32 Å². The number of aromatic nitrogens is 2. The maximum absolute atomic E-state index is 12.6. The lowest BCUT2D eigenvalue weighted by atomic mass is 9.99. The minimum absolute atomic E-state index is 0.00590. The summed E-state index contributed by atoms with van der Waals surface area (Å²) in [7, 11) is 0. The Morgan fingerprint density at radius 1 is 1.10 bits per heavy atom. The van der Waals surface area contributed by atoms with Crippen LogP contribution in [0, 0.1) is 6.92 Å². The highest BCUT2D eigenvalue weighted by Crippen LogP contribution is 2.29. The van der Waals surface area contributed by atoms with Crippen molar-refractivity contribution in [3.63, 3.8) is 0 Å². The molecule has 2 heterocycles. The van der Waals surface area contributed by atoms with Crippen LogP contribution in [0.4, 0.5) is 5.82 Å². The molecule has 154 valence electrons. The van der Waals surface area contributed by atoms with Gasteiger partial charge in [-0.3, -0.25) is 9.59 Å². The Morgan fingerprint density at radius 2 is 1.93 bits per heavy atom. The first kappa shape index (κ1) is 20.2. The summed E-state index contributed by atoms with van der Waals surface area (Å²) in [6.07, 6.45) is 6.06. The number of thiophene rings is 1. The number of fused-ring (bicyclic) bond motifs is 1. The van der Waals surface area contributed by atoms with Crippen molar-refractivity contribution >= 4 is 29.0 Å². The van der Waals surface area contributed by atoms with E-state index in [4.69, 9.17) is 0 Å². The van der Waals surface area contributed by atoms with E-state index in [9.17, 15) is 9.59 Å². The van der Waals surface area contributed by atoms with Crippen LogP contribution >= 0.6 is 11.3 Å². The van der Waals surface area contributed by atoms with Crippen molar-refractivity contribution in [1.29, 1.82) is 0 Å². The van der Waals surface area contributed by atoms with Crippen molar-refractivity contribution in [3.05, 3.63) is 63.1 Å². The molecular formula is C23H24N4O2S. The zero-order chi connectivity index (χ0) is 21.1. The average Bonchev–Trinajstić information content (AvgIpc) is 3.17. The molecule has 1 aromatic carbocycles. The van der Waals surface area contributed by atoms with E-state index in [-0.39, 0.29) is 11.8 Å². The van der Waals surface area contributed by atoms with E-state index in [1.807, 2.05) is 25.1 Å². The number of carbonyl (C=O) groups is 2. The number of hydrogen-bond donors (Lipinski definition) is 2. The van der Waals surface area contributed by atoms with Gasteiger partial charge in [0.05, 0.1) is 10.6 Å². The Morgan fingerprint density at radius 3 is 2.70 bits per heavy atom. The fourth-order valence-electron chi connectivity index (χ4n) is 3.68. The highest BCUT2D eigenvalue weighted by atomic mass is 32.1. The van der Waals surface area contributed by atoms with Crippen LogP contribution in [0.3, 0.4) is 0 Å². The molecule has 0 fully saturated rings. The van der Waals surface area contributed by atoms with E-state index in [0.29, 0.717) is 12.4 Å². The standard InChI is InChI=1S/C23H24N4O2S/c1-14-9-16(19-11-22(26-13-25-19)27-15(2)28)7-8-18(14)12-24-23(29)21-10-17-5-3-4-6-20(17)30-21/h7-11,13H,3-6,12H2,1-2H3,(H,24,29)(H,25,26,27,28). The van der Waals surface area contributed by atoms with Gasteiger partial charge in [0, 0.05) is 30.0 Å². The summed E-state index contributed by atoms with van der Waals surface area (Å²) in [5.74, 6) is 0.294. The number of benzene rings is 1. The van der Waals surface area contributed by atoms with Crippen LogP contribution in [0.5, 0.6) is 0 Å². The quantitative estimate of drug-likeness (QED) is 0.645. The van der Waals surface area contributed by atoms with Crippen LogP contribution < -0.4 is 10.6 Å². The molecule has 2 N–H and O–H groups in total. The molecule has 30 heavy (non-hydrogen) atoms. The van der Waals surface area contributed by atoms with Gasteiger partial charge in [-0.15, -0.1) is 11.3 Å². The Hall–Kier alpha value is -3.06. The highest BCUT2D eigenvalue weighted by Gasteiger charge is 2.17. The number of nitrogens with zero attached hydrogens (tertiary/aromatic N) is 2. The minimum Gasteiger partial charge on any atom is -0.347 e. The van der Waals surface area contributed by atoms with E-state index in [1.54, 1.807) is 17.4 Å². The molecule has 4 rings (SSSR count). The summed E-state index contributed by atoms with van der Waals surface area (Å²) >= 11 is 1.63. The molecule has 3 aromatic rings. The predicted molar refractivity (Wildman–Crippen MR) is 119 cm³/mol. The SMILES string of the molecule is CC(=O)Nc1cc(-c2ccc(CNC(=O)c3cc4c(s3)CCCC4)c(C)c2)ncn1. The summed E-state index contributed by atoms with van der Waals surface area (Å²) in [6.45, 7) is 3.94. The van der Waals surface area contributed by atoms with Crippen molar-refractivity contribution in [3.8, 4) is 11.3 Å². The normalized spacial score (nSPS) is 12.9. The second-order valence-electron chi connectivity index (χ2n) is 7.56. The molecular weight excluding hydrogens is 396 g/mol. The van der Waals surface area contributed by atoms with Crippen LogP contribution in [-0.2, 0) is 24.2 Å². The molecule has 1 aliphatic carbocycles. The van der Waals surface area contributed by atoms with Crippen LogP contribution in [0.2, 0.25) is 0 Å². The van der Waals surface area contributed by atoms with Gasteiger partial charge in [0.25, 0.3) is 5.91 Å². The predicted octanol–water partition coefficient (Wildman–Crippen LogP) is 4.28. The zero-order valence-electron chi connectivity index (χ0n) is 17.1. The molecule has 0 aliphatic heterocycles. The van der Waals surface area contributed by atoms with E-state index < -0.39 is 0 Å². The summed E-state index contributed by atoms with van der Waals surface area (Å²) < 4.78 is 0. The van der Waals surface area contributed by atoms with E-state index in [1.165, 1.54) is 36.5 Å². The summed E-state index contributed by atoms with van der Waals surface area (Å²) in [4.78, 5) is 34.4. The summed E-state index contributed by atoms with van der Waals surface area (Å²) in [5.41, 5.74) is 5.14. The van der Waals surface area contributed by atoms with E-state index >= 15 is 0 Å². The lowest BCUT2D eigenvalue weighted by Gasteiger charge is -2.10. The molecule has 7 heteroatoms. The number of nitrogens with one attached hydrogen (secondary N) is 2. The van der Waals surface area contributed by atoms with Gasteiger partial charge in [0.1, 0.15) is 12.1 Å². The van der Waals surface area contributed by atoms with Gasteiger partial charge in [0.15, 0.2) is 0 Å². The molecule has 0 saturated carbocycles.